The number of fused-ring (bicyclic) bond motifs is 1. The van der Waals surface area contributed by atoms with Gasteiger partial charge in [0.2, 0.25) is 0 Å². The SMILES string of the molecule is CCOCc1cc2cccc(C)c2n1CC. The van der Waals surface area contributed by atoms with Crippen molar-refractivity contribution in [1.29, 1.82) is 0 Å². The molecule has 0 saturated carbocycles. The summed E-state index contributed by atoms with van der Waals surface area (Å²) in [6, 6.07) is 8.69. The number of rotatable bonds is 4. The normalized spacial score (nSPS) is 11.2. The summed E-state index contributed by atoms with van der Waals surface area (Å²) in [4.78, 5) is 0. The molecule has 1 heterocycles. The van der Waals surface area contributed by atoms with Gasteiger partial charge < -0.3 is 9.30 Å². The molecule has 0 amide bonds. The van der Waals surface area contributed by atoms with Crippen LogP contribution in [0.1, 0.15) is 25.1 Å². The molecule has 0 unspecified atom stereocenters. The van der Waals surface area contributed by atoms with Crippen LogP contribution in [0.25, 0.3) is 10.9 Å². The number of hydrogen-bond acceptors (Lipinski definition) is 1. The molecule has 0 fully saturated rings. The molecule has 0 spiro atoms. The second kappa shape index (κ2) is 4.71. The number of benzene rings is 1. The van der Waals surface area contributed by atoms with Crippen molar-refractivity contribution in [3.63, 3.8) is 0 Å². The molecule has 0 N–H and O–H groups in total. The molecule has 86 valence electrons. The lowest BCUT2D eigenvalue weighted by molar-refractivity contribution is 0.129. The Morgan fingerprint density at radius 3 is 2.75 bits per heavy atom. The Morgan fingerprint density at radius 1 is 1.25 bits per heavy atom. The summed E-state index contributed by atoms with van der Waals surface area (Å²) in [5, 5.41) is 1.32. The number of aryl methyl sites for hydroxylation is 2. The molecule has 0 atom stereocenters. The summed E-state index contributed by atoms with van der Waals surface area (Å²) in [6.45, 7) is 8.85. The molecule has 16 heavy (non-hydrogen) atoms. The molecular formula is C14H19NO. The van der Waals surface area contributed by atoms with Crippen LogP contribution in [0.3, 0.4) is 0 Å². The molecule has 1 aromatic heterocycles. The Labute approximate surface area is 96.8 Å². The minimum Gasteiger partial charge on any atom is -0.376 e. The maximum atomic E-state index is 5.51. The first-order valence-electron chi connectivity index (χ1n) is 5.93. The average Bonchev–Trinajstić information content (AvgIpc) is 2.65. The van der Waals surface area contributed by atoms with Gasteiger partial charge >= 0.3 is 0 Å². The molecule has 1 aromatic carbocycles. The highest BCUT2D eigenvalue weighted by molar-refractivity contribution is 5.84. The van der Waals surface area contributed by atoms with Crippen molar-refractivity contribution >= 4 is 10.9 Å². The van der Waals surface area contributed by atoms with Gasteiger partial charge in [0.15, 0.2) is 0 Å². The van der Waals surface area contributed by atoms with E-state index in [4.69, 9.17) is 4.74 Å². The van der Waals surface area contributed by atoms with Gasteiger partial charge in [0.25, 0.3) is 0 Å². The topological polar surface area (TPSA) is 14.2 Å². The van der Waals surface area contributed by atoms with E-state index < -0.39 is 0 Å². The Balaban J connectivity index is 2.53. The average molecular weight is 217 g/mol. The Bertz CT molecular complexity index is 485. The van der Waals surface area contributed by atoms with Crippen molar-refractivity contribution in [2.75, 3.05) is 6.61 Å². The maximum absolute atomic E-state index is 5.51. The van der Waals surface area contributed by atoms with Crippen molar-refractivity contribution in [3.8, 4) is 0 Å². The second-order valence-electron chi connectivity index (χ2n) is 4.03. The zero-order valence-corrected chi connectivity index (χ0v) is 10.3. The number of nitrogens with zero attached hydrogens (tertiary/aromatic N) is 1. The Hall–Kier alpha value is -1.28. The van der Waals surface area contributed by atoms with Crippen molar-refractivity contribution in [2.45, 2.75) is 33.9 Å². The molecule has 2 heteroatoms. The maximum Gasteiger partial charge on any atom is 0.0867 e. The predicted molar refractivity (Wildman–Crippen MR) is 67.7 cm³/mol. The number of ether oxygens (including phenoxy) is 1. The third kappa shape index (κ3) is 1.85. The van der Waals surface area contributed by atoms with E-state index in [0.29, 0.717) is 6.61 Å². The highest BCUT2D eigenvalue weighted by Gasteiger charge is 2.08. The van der Waals surface area contributed by atoms with Crippen LogP contribution in [0.5, 0.6) is 0 Å². The Kier molecular flexibility index (Phi) is 3.30. The monoisotopic (exact) mass is 217 g/mol. The van der Waals surface area contributed by atoms with Gasteiger partial charge in [-0.2, -0.15) is 0 Å². The lowest BCUT2D eigenvalue weighted by Gasteiger charge is -2.09. The molecule has 0 saturated heterocycles. The standard InChI is InChI=1S/C14H19NO/c1-4-15-13(10-16-5-2)9-12-8-6-7-11(3)14(12)15/h6-9H,4-5,10H2,1-3H3. The fourth-order valence-corrected chi connectivity index (χ4v) is 2.26. The molecule has 0 radical (unpaired) electrons. The summed E-state index contributed by atoms with van der Waals surface area (Å²) >= 11 is 0. The lowest BCUT2D eigenvalue weighted by atomic mass is 10.2. The fourth-order valence-electron chi connectivity index (χ4n) is 2.26. The number of hydrogen-bond donors (Lipinski definition) is 0. The van der Waals surface area contributed by atoms with Gasteiger partial charge in [-0.25, -0.2) is 0 Å². The smallest absolute Gasteiger partial charge is 0.0867 e. The molecule has 0 aliphatic rings. The quantitative estimate of drug-likeness (QED) is 0.764. The van der Waals surface area contributed by atoms with Crippen LogP contribution < -0.4 is 0 Å². The minimum atomic E-state index is 0.707. The zero-order valence-electron chi connectivity index (χ0n) is 10.3. The summed E-state index contributed by atoms with van der Waals surface area (Å²) in [7, 11) is 0. The lowest BCUT2D eigenvalue weighted by Crippen LogP contribution is -2.03. The first-order valence-corrected chi connectivity index (χ1v) is 5.93. The largest absolute Gasteiger partial charge is 0.376 e. The van der Waals surface area contributed by atoms with Crippen LogP contribution in [-0.4, -0.2) is 11.2 Å². The minimum absolute atomic E-state index is 0.707. The summed E-state index contributed by atoms with van der Waals surface area (Å²) < 4.78 is 7.86. The molecule has 0 bridgehead atoms. The van der Waals surface area contributed by atoms with Crippen molar-refractivity contribution in [3.05, 3.63) is 35.5 Å². The van der Waals surface area contributed by atoms with Crippen LogP contribution in [0.2, 0.25) is 0 Å². The number of aromatic nitrogens is 1. The van der Waals surface area contributed by atoms with E-state index in [-0.39, 0.29) is 0 Å². The van der Waals surface area contributed by atoms with Crippen LogP contribution in [0.4, 0.5) is 0 Å². The van der Waals surface area contributed by atoms with Crippen molar-refractivity contribution in [2.24, 2.45) is 0 Å². The third-order valence-electron chi connectivity index (χ3n) is 2.98. The van der Waals surface area contributed by atoms with Gasteiger partial charge in [-0.05, 0) is 32.4 Å². The van der Waals surface area contributed by atoms with Gasteiger partial charge in [-0.15, -0.1) is 0 Å². The first-order chi connectivity index (χ1) is 7.77. The van der Waals surface area contributed by atoms with Crippen molar-refractivity contribution < 1.29 is 4.74 Å². The predicted octanol–water partition coefficient (Wildman–Crippen LogP) is 3.51. The highest BCUT2D eigenvalue weighted by atomic mass is 16.5. The second-order valence-corrected chi connectivity index (χ2v) is 4.03. The molecule has 0 aliphatic carbocycles. The zero-order chi connectivity index (χ0) is 11.5. The van der Waals surface area contributed by atoms with E-state index >= 15 is 0 Å². The highest BCUT2D eigenvalue weighted by Crippen LogP contribution is 2.23. The van der Waals surface area contributed by atoms with E-state index in [9.17, 15) is 0 Å². The van der Waals surface area contributed by atoms with Gasteiger partial charge in [-0.1, -0.05) is 18.2 Å². The van der Waals surface area contributed by atoms with E-state index in [1.54, 1.807) is 0 Å². The van der Waals surface area contributed by atoms with Crippen LogP contribution in [0, 0.1) is 6.92 Å². The third-order valence-corrected chi connectivity index (χ3v) is 2.98. The summed E-state index contributed by atoms with van der Waals surface area (Å²) in [5.41, 5.74) is 3.95. The van der Waals surface area contributed by atoms with Gasteiger partial charge in [0.05, 0.1) is 12.1 Å². The Morgan fingerprint density at radius 2 is 2.06 bits per heavy atom. The summed E-state index contributed by atoms with van der Waals surface area (Å²) in [6.07, 6.45) is 0. The molecular weight excluding hydrogens is 198 g/mol. The van der Waals surface area contributed by atoms with Gasteiger partial charge in [-0.3, -0.25) is 0 Å². The van der Waals surface area contributed by atoms with Crippen LogP contribution in [0.15, 0.2) is 24.3 Å². The van der Waals surface area contributed by atoms with Crippen LogP contribution in [-0.2, 0) is 17.9 Å². The molecule has 2 aromatic rings. The van der Waals surface area contributed by atoms with E-state index in [1.807, 2.05) is 6.92 Å². The van der Waals surface area contributed by atoms with Crippen LogP contribution >= 0.6 is 0 Å². The molecule has 2 nitrogen and oxygen atoms in total. The molecule has 2 rings (SSSR count). The number of para-hydroxylation sites is 1. The van der Waals surface area contributed by atoms with Gasteiger partial charge in [0, 0.05) is 24.2 Å². The van der Waals surface area contributed by atoms with E-state index in [2.05, 4.69) is 42.7 Å². The fraction of sp³-hybridized carbons (Fsp3) is 0.429. The first kappa shape index (κ1) is 11.2. The van der Waals surface area contributed by atoms with E-state index in [0.717, 1.165) is 13.2 Å². The van der Waals surface area contributed by atoms with Crippen molar-refractivity contribution in [1.82, 2.24) is 4.57 Å². The van der Waals surface area contributed by atoms with Gasteiger partial charge in [0.1, 0.15) is 0 Å². The summed E-state index contributed by atoms with van der Waals surface area (Å²) in [5.74, 6) is 0. The molecule has 0 aliphatic heterocycles. The van der Waals surface area contributed by atoms with E-state index in [1.165, 1.54) is 22.2 Å².